The van der Waals surface area contributed by atoms with Crippen LogP contribution in [0.3, 0.4) is 0 Å². The maximum atomic E-state index is 13.0. The highest BCUT2D eigenvalue weighted by Crippen LogP contribution is 2.29. The summed E-state index contributed by atoms with van der Waals surface area (Å²) in [6, 6.07) is 3.50. The summed E-state index contributed by atoms with van der Waals surface area (Å²) in [6.45, 7) is 0.868. The van der Waals surface area contributed by atoms with E-state index in [4.69, 9.17) is 4.42 Å². The second-order valence-corrected chi connectivity index (χ2v) is 6.65. The van der Waals surface area contributed by atoms with Crippen molar-refractivity contribution in [3.8, 4) is 11.5 Å². The fourth-order valence-corrected chi connectivity index (χ4v) is 2.69. The molecule has 3 heterocycles. The van der Waals surface area contributed by atoms with Gasteiger partial charge in [-0.25, -0.2) is 18.7 Å². The number of rotatable bonds is 7. The number of nitrogens with one attached hydrogen (secondary N) is 2. The monoisotopic (exact) mass is 388 g/mol. The van der Waals surface area contributed by atoms with Crippen molar-refractivity contribution in [1.82, 2.24) is 19.7 Å². The summed E-state index contributed by atoms with van der Waals surface area (Å²) in [6.07, 6.45) is 3.77. The molecule has 10 heteroatoms. The molecule has 0 radical (unpaired) electrons. The standard InChI is InChI=1S/C18H18F2N6O2/c1-26-8-12(15(25-26)16(19)20)23-17(27)13-9-28-18(24-13)11-4-5-21-14(6-11)22-7-10-2-3-10/h4-6,8-10,16H,2-3,7H2,1H3,(H,21,22)(H,23,27). The lowest BCUT2D eigenvalue weighted by Gasteiger charge is -2.04. The van der Waals surface area contributed by atoms with E-state index in [-0.39, 0.29) is 17.3 Å². The van der Waals surface area contributed by atoms with Crippen LogP contribution in [0.25, 0.3) is 11.5 Å². The average molecular weight is 388 g/mol. The lowest BCUT2D eigenvalue weighted by Crippen LogP contribution is -2.13. The van der Waals surface area contributed by atoms with Crippen LogP contribution in [0.2, 0.25) is 0 Å². The Morgan fingerprint density at radius 2 is 2.25 bits per heavy atom. The molecular weight excluding hydrogens is 370 g/mol. The van der Waals surface area contributed by atoms with Gasteiger partial charge in [0.2, 0.25) is 5.89 Å². The minimum atomic E-state index is -2.80. The van der Waals surface area contributed by atoms with E-state index >= 15 is 0 Å². The summed E-state index contributed by atoms with van der Waals surface area (Å²) in [4.78, 5) is 20.8. The quantitative estimate of drug-likeness (QED) is 0.643. The van der Waals surface area contributed by atoms with E-state index in [0.717, 1.165) is 6.54 Å². The molecule has 1 saturated carbocycles. The molecule has 1 amide bonds. The molecule has 3 aromatic rings. The predicted octanol–water partition coefficient (Wildman–Crippen LogP) is 3.48. The Bertz CT molecular complexity index is 996. The Hall–Kier alpha value is -3.30. The number of halogens is 2. The number of anilines is 2. The molecule has 146 valence electrons. The molecule has 2 N–H and O–H groups in total. The molecule has 1 aliphatic rings. The molecule has 1 aliphatic carbocycles. The first-order valence-electron chi connectivity index (χ1n) is 8.78. The van der Waals surface area contributed by atoms with Crippen molar-refractivity contribution >= 4 is 17.4 Å². The number of nitrogens with zero attached hydrogens (tertiary/aromatic N) is 4. The second-order valence-electron chi connectivity index (χ2n) is 6.65. The fraction of sp³-hybridized carbons (Fsp3) is 0.333. The maximum Gasteiger partial charge on any atom is 0.284 e. The van der Waals surface area contributed by atoms with E-state index in [1.807, 2.05) is 0 Å². The average Bonchev–Trinajstić information content (AvgIpc) is 3.23. The zero-order valence-electron chi connectivity index (χ0n) is 15.0. The van der Waals surface area contributed by atoms with E-state index in [1.54, 1.807) is 18.3 Å². The molecule has 0 unspecified atom stereocenters. The smallest absolute Gasteiger partial charge is 0.284 e. The van der Waals surface area contributed by atoms with E-state index in [1.165, 1.54) is 37.0 Å². The Kier molecular flexibility index (Phi) is 4.76. The number of oxazole rings is 1. The van der Waals surface area contributed by atoms with Crippen molar-refractivity contribution in [2.24, 2.45) is 13.0 Å². The largest absolute Gasteiger partial charge is 0.444 e. The van der Waals surface area contributed by atoms with Crippen molar-refractivity contribution in [3.63, 3.8) is 0 Å². The second kappa shape index (κ2) is 7.37. The highest BCUT2D eigenvalue weighted by atomic mass is 19.3. The Labute approximate surface area is 159 Å². The molecule has 0 aromatic carbocycles. The van der Waals surface area contributed by atoms with Gasteiger partial charge in [0, 0.05) is 31.5 Å². The van der Waals surface area contributed by atoms with E-state index in [9.17, 15) is 13.6 Å². The summed E-state index contributed by atoms with van der Waals surface area (Å²) in [5, 5.41) is 9.30. The summed E-state index contributed by atoms with van der Waals surface area (Å²) in [7, 11) is 1.49. The number of aryl methyl sites for hydroxylation is 1. The van der Waals surface area contributed by atoms with Gasteiger partial charge in [0.05, 0.1) is 5.69 Å². The molecule has 4 rings (SSSR count). The Morgan fingerprint density at radius 3 is 3.00 bits per heavy atom. The van der Waals surface area contributed by atoms with Crippen LogP contribution < -0.4 is 10.6 Å². The predicted molar refractivity (Wildman–Crippen MR) is 97.1 cm³/mol. The highest BCUT2D eigenvalue weighted by Gasteiger charge is 2.22. The zero-order chi connectivity index (χ0) is 19.7. The molecular formula is C18H18F2N6O2. The van der Waals surface area contributed by atoms with Gasteiger partial charge >= 0.3 is 0 Å². The van der Waals surface area contributed by atoms with Crippen LogP contribution in [0.5, 0.6) is 0 Å². The number of alkyl halides is 2. The molecule has 3 aromatic heterocycles. The Balaban J connectivity index is 1.48. The normalized spacial score (nSPS) is 13.7. The molecule has 0 spiro atoms. The molecule has 0 atom stereocenters. The summed E-state index contributed by atoms with van der Waals surface area (Å²) >= 11 is 0. The van der Waals surface area contributed by atoms with E-state index < -0.39 is 18.0 Å². The van der Waals surface area contributed by atoms with Crippen LogP contribution >= 0.6 is 0 Å². The van der Waals surface area contributed by atoms with Crippen molar-refractivity contribution < 1.29 is 18.0 Å². The summed E-state index contributed by atoms with van der Waals surface area (Å²) < 4.78 is 32.6. The number of carbonyl (C=O) groups excluding carboxylic acids is 1. The fourth-order valence-electron chi connectivity index (χ4n) is 2.69. The van der Waals surface area contributed by atoms with E-state index in [2.05, 4.69) is 25.7 Å². The molecule has 28 heavy (non-hydrogen) atoms. The number of aromatic nitrogens is 4. The van der Waals surface area contributed by atoms with Gasteiger partial charge in [0.15, 0.2) is 11.4 Å². The Morgan fingerprint density at radius 1 is 1.43 bits per heavy atom. The van der Waals surface area contributed by atoms with Gasteiger partial charge < -0.3 is 15.1 Å². The van der Waals surface area contributed by atoms with Crippen molar-refractivity contribution in [3.05, 3.63) is 42.2 Å². The minimum Gasteiger partial charge on any atom is -0.444 e. The van der Waals surface area contributed by atoms with Crippen molar-refractivity contribution in [1.29, 1.82) is 0 Å². The van der Waals surface area contributed by atoms with Crippen LogP contribution in [-0.2, 0) is 7.05 Å². The topological polar surface area (TPSA) is 97.9 Å². The van der Waals surface area contributed by atoms with Crippen LogP contribution in [0.4, 0.5) is 20.3 Å². The SMILES string of the molecule is Cn1cc(NC(=O)c2coc(-c3ccnc(NCC4CC4)c3)n2)c(C(F)F)n1. The van der Waals surface area contributed by atoms with Gasteiger partial charge in [-0.15, -0.1) is 0 Å². The van der Waals surface area contributed by atoms with Gasteiger partial charge in [-0.3, -0.25) is 9.48 Å². The van der Waals surface area contributed by atoms with Gasteiger partial charge in [-0.05, 0) is 30.9 Å². The molecule has 0 bridgehead atoms. The third-order valence-electron chi connectivity index (χ3n) is 4.32. The van der Waals surface area contributed by atoms with Gasteiger partial charge in [-0.2, -0.15) is 5.10 Å². The first kappa shape index (κ1) is 18.1. The number of hydrogen-bond donors (Lipinski definition) is 2. The van der Waals surface area contributed by atoms with Crippen LogP contribution in [0, 0.1) is 5.92 Å². The van der Waals surface area contributed by atoms with Crippen molar-refractivity contribution in [2.45, 2.75) is 19.3 Å². The van der Waals surface area contributed by atoms with Gasteiger partial charge in [-0.1, -0.05) is 0 Å². The summed E-state index contributed by atoms with van der Waals surface area (Å²) in [5.41, 5.74) is 0.0629. The molecule has 1 fully saturated rings. The first-order chi connectivity index (χ1) is 13.5. The van der Waals surface area contributed by atoms with Crippen LogP contribution in [0.15, 0.2) is 35.2 Å². The number of hydrogen-bond acceptors (Lipinski definition) is 6. The lowest BCUT2D eigenvalue weighted by molar-refractivity contribution is 0.102. The van der Waals surface area contributed by atoms with Crippen LogP contribution in [-0.4, -0.2) is 32.2 Å². The summed E-state index contributed by atoms with van der Waals surface area (Å²) in [5.74, 6) is 0.979. The van der Waals surface area contributed by atoms with Crippen molar-refractivity contribution in [2.75, 3.05) is 17.2 Å². The maximum absolute atomic E-state index is 13.0. The van der Waals surface area contributed by atoms with E-state index in [0.29, 0.717) is 17.3 Å². The zero-order valence-corrected chi connectivity index (χ0v) is 15.0. The van der Waals surface area contributed by atoms with Gasteiger partial charge in [0.1, 0.15) is 12.1 Å². The first-order valence-corrected chi connectivity index (χ1v) is 8.78. The third-order valence-corrected chi connectivity index (χ3v) is 4.32. The minimum absolute atomic E-state index is 0.0247. The van der Waals surface area contributed by atoms with Crippen LogP contribution in [0.1, 0.15) is 35.4 Å². The number of pyridine rings is 1. The molecule has 8 nitrogen and oxygen atoms in total. The third kappa shape index (κ3) is 4.00. The number of amides is 1. The van der Waals surface area contributed by atoms with Gasteiger partial charge in [0.25, 0.3) is 12.3 Å². The molecule has 0 saturated heterocycles. The molecule has 0 aliphatic heterocycles. The lowest BCUT2D eigenvalue weighted by atomic mass is 10.2. The highest BCUT2D eigenvalue weighted by molar-refractivity contribution is 6.03. The number of carbonyl (C=O) groups is 1.